The van der Waals surface area contributed by atoms with Crippen molar-refractivity contribution in [1.29, 1.82) is 0 Å². The molecule has 5 aromatic rings. The Morgan fingerprint density at radius 3 is 2.58 bits per heavy atom. The van der Waals surface area contributed by atoms with Crippen molar-refractivity contribution >= 4 is 22.2 Å². The largest absolute Gasteiger partial charge is 0.252 e. The van der Waals surface area contributed by atoms with Gasteiger partial charge in [0.15, 0.2) is 22.9 Å². The minimum atomic E-state index is 0.687. The van der Waals surface area contributed by atoms with Gasteiger partial charge in [0.25, 0.3) is 0 Å². The summed E-state index contributed by atoms with van der Waals surface area (Å²) in [6.07, 6.45) is 6.97. The molecule has 0 atom stereocenters. The van der Waals surface area contributed by atoms with Gasteiger partial charge in [-0.1, -0.05) is 12.1 Å². The van der Waals surface area contributed by atoms with Gasteiger partial charge in [0.2, 0.25) is 0 Å². The van der Waals surface area contributed by atoms with E-state index in [9.17, 15) is 0 Å². The Bertz CT molecular complexity index is 1140. The van der Waals surface area contributed by atoms with Crippen LogP contribution >= 0.6 is 0 Å². The molecule has 5 aromatic heterocycles. The maximum absolute atomic E-state index is 4.64. The van der Waals surface area contributed by atoms with Crippen molar-refractivity contribution < 1.29 is 0 Å². The minimum Gasteiger partial charge on any atom is -0.252 e. The lowest BCUT2D eigenvalue weighted by Gasteiger charge is -1.96. The molecule has 0 aromatic carbocycles. The predicted octanol–water partition coefficient (Wildman–Crippen LogP) is 2.11. The zero-order valence-corrected chi connectivity index (χ0v) is 12.7. The lowest BCUT2D eigenvalue weighted by atomic mass is 10.2. The van der Waals surface area contributed by atoms with Crippen LogP contribution in [0.4, 0.5) is 0 Å². The maximum Gasteiger partial charge on any atom is 0.181 e. The second kappa shape index (κ2) is 5.09. The third-order valence-corrected chi connectivity index (χ3v) is 3.98. The summed E-state index contributed by atoms with van der Waals surface area (Å²) >= 11 is 0. The number of pyridine rings is 3. The van der Waals surface area contributed by atoms with Crippen molar-refractivity contribution in [3.8, 4) is 0 Å². The van der Waals surface area contributed by atoms with E-state index in [4.69, 9.17) is 0 Å². The fraction of sp³-hybridized carbons (Fsp3) is 0.118. The molecule has 0 unspecified atom stereocenters. The number of aromatic nitrogens is 7. The SMILES string of the molecule is c1cnc2c(c1)ccn1nc(CCc3nc4ccccn4n3)nc21. The van der Waals surface area contributed by atoms with E-state index in [2.05, 4.69) is 25.1 Å². The molecule has 0 bridgehead atoms. The highest BCUT2D eigenvalue weighted by Gasteiger charge is 2.10. The van der Waals surface area contributed by atoms with E-state index in [1.54, 1.807) is 15.2 Å². The van der Waals surface area contributed by atoms with Gasteiger partial charge < -0.3 is 0 Å². The third-order valence-electron chi connectivity index (χ3n) is 3.98. The Morgan fingerprint density at radius 2 is 1.67 bits per heavy atom. The summed E-state index contributed by atoms with van der Waals surface area (Å²) in [4.78, 5) is 13.6. The van der Waals surface area contributed by atoms with Crippen molar-refractivity contribution in [2.75, 3.05) is 0 Å². The average molecular weight is 315 g/mol. The van der Waals surface area contributed by atoms with Gasteiger partial charge in [-0.05, 0) is 24.3 Å². The van der Waals surface area contributed by atoms with Crippen LogP contribution in [0.15, 0.2) is 55.0 Å². The first kappa shape index (κ1) is 13.1. The molecular weight excluding hydrogens is 302 g/mol. The molecule has 7 nitrogen and oxygen atoms in total. The first-order valence-corrected chi connectivity index (χ1v) is 7.76. The minimum absolute atomic E-state index is 0.687. The van der Waals surface area contributed by atoms with Crippen LogP contribution in [-0.4, -0.2) is 34.2 Å². The van der Waals surface area contributed by atoms with Gasteiger partial charge in [0, 0.05) is 36.8 Å². The van der Waals surface area contributed by atoms with Crippen molar-refractivity contribution in [3.63, 3.8) is 0 Å². The lowest BCUT2D eigenvalue weighted by Crippen LogP contribution is -1.96. The Labute approximate surface area is 136 Å². The van der Waals surface area contributed by atoms with Gasteiger partial charge in [-0.2, -0.15) is 10.2 Å². The van der Waals surface area contributed by atoms with E-state index in [1.165, 1.54) is 0 Å². The number of aryl methyl sites for hydroxylation is 2. The van der Waals surface area contributed by atoms with E-state index >= 15 is 0 Å². The summed E-state index contributed by atoms with van der Waals surface area (Å²) in [7, 11) is 0. The summed E-state index contributed by atoms with van der Waals surface area (Å²) in [5.41, 5.74) is 2.50. The van der Waals surface area contributed by atoms with Crippen LogP contribution in [0, 0.1) is 0 Å². The molecule has 0 saturated carbocycles. The molecule has 5 rings (SSSR count). The summed E-state index contributed by atoms with van der Waals surface area (Å²) < 4.78 is 3.56. The Balaban J connectivity index is 1.47. The van der Waals surface area contributed by atoms with Crippen LogP contribution in [-0.2, 0) is 12.8 Å². The van der Waals surface area contributed by atoms with E-state index in [0.717, 1.165) is 33.8 Å². The molecular formula is C17H13N7. The highest BCUT2D eigenvalue weighted by Crippen LogP contribution is 2.16. The van der Waals surface area contributed by atoms with Crippen LogP contribution in [0.2, 0.25) is 0 Å². The van der Waals surface area contributed by atoms with E-state index in [-0.39, 0.29) is 0 Å². The molecule has 0 N–H and O–H groups in total. The highest BCUT2D eigenvalue weighted by molar-refractivity contribution is 5.89. The number of nitrogens with zero attached hydrogens (tertiary/aromatic N) is 7. The zero-order valence-electron chi connectivity index (χ0n) is 12.7. The molecule has 0 amide bonds. The monoisotopic (exact) mass is 315 g/mol. The van der Waals surface area contributed by atoms with E-state index in [1.807, 2.05) is 48.8 Å². The van der Waals surface area contributed by atoms with Gasteiger partial charge in [0.1, 0.15) is 5.52 Å². The molecule has 7 heteroatoms. The first-order valence-electron chi connectivity index (χ1n) is 7.76. The third kappa shape index (κ3) is 2.10. The van der Waals surface area contributed by atoms with Gasteiger partial charge in [-0.3, -0.25) is 4.98 Å². The standard InChI is InChI=1S/C17H13N7/c1-2-10-23-15(5-1)19-13(21-23)6-7-14-20-17-16-12(4-3-9-18-16)8-11-24(17)22-14/h1-5,8-11H,6-7H2. The van der Waals surface area contributed by atoms with Crippen LogP contribution in [0.3, 0.4) is 0 Å². The second-order valence-electron chi connectivity index (χ2n) is 5.58. The topological polar surface area (TPSA) is 73.3 Å². The number of hydrogen-bond donors (Lipinski definition) is 0. The normalized spacial score (nSPS) is 11.7. The second-order valence-corrected chi connectivity index (χ2v) is 5.58. The van der Waals surface area contributed by atoms with Gasteiger partial charge in [-0.25, -0.2) is 19.0 Å². The van der Waals surface area contributed by atoms with Gasteiger partial charge >= 0.3 is 0 Å². The molecule has 5 heterocycles. The van der Waals surface area contributed by atoms with Crippen molar-refractivity contribution in [1.82, 2.24) is 34.2 Å². The van der Waals surface area contributed by atoms with Crippen LogP contribution in [0.5, 0.6) is 0 Å². The molecule has 0 fully saturated rings. The summed E-state index contributed by atoms with van der Waals surface area (Å²) in [6.45, 7) is 0. The molecule has 0 aliphatic heterocycles. The highest BCUT2D eigenvalue weighted by atomic mass is 15.3. The maximum atomic E-state index is 4.64. The van der Waals surface area contributed by atoms with E-state index < -0.39 is 0 Å². The first-order chi connectivity index (χ1) is 11.9. The van der Waals surface area contributed by atoms with Crippen molar-refractivity contribution in [2.45, 2.75) is 12.8 Å². The zero-order chi connectivity index (χ0) is 15.9. The Hall–Kier alpha value is -3.35. The average Bonchev–Trinajstić information content (AvgIpc) is 3.23. The number of hydrogen-bond acceptors (Lipinski definition) is 5. The number of fused-ring (bicyclic) bond motifs is 4. The van der Waals surface area contributed by atoms with Crippen molar-refractivity contribution in [2.24, 2.45) is 0 Å². The van der Waals surface area contributed by atoms with Crippen molar-refractivity contribution in [3.05, 3.63) is 66.6 Å². The fourth-order valence-corrected chi connectivity index (χ4v) is 2.84. The quantitative estimate of drug-likeness (QED) is 0.510. The smallest absolute Gasteiger partial charge is 0.181 e. The van der Waals surface area contributed by atoms with Crippen LogP contribution < -0.4 is 0 Å². The lowest BCUT2D eigenvalue weighted by molar-refractivity contribution is 0.789. The molecule has 0 aliphatic carbocycles. The molecule has 0 radical (unpaired) electrons. The summed E-state index contributed by atoms with van der Waals surface area (Å²) in [5, 5.41) is 10.1. The van der Waals surface area contributed by atoms with E-state index in [0.29, 0.717) is 12.8 Å². The molecule has 0 saturated heterocycles. The van der Waals surface area contributed by atoms with Crippen LogP contribution in [0.25, 0.3) is 22.2 Å². The molecule has 24 heavy (non-hydrogen) atoms. The number of rotatable bonds is 3. The van der Waals surface area contributed by atoms with Crippen LogP contribution in [0.1, 0.15) is 11.6 Å². The molecule has 0 spiro atoms. The molecule has 0 aliphatic rings. The van der Waals surface area contributed by atoms with Gasteiger partial charge in [0.05, 0.1) is 0 Å². The van der Waals surface area contributed by atoms with Gasteiger partial charge in [-0.15, -0.1) is 0 Å². The predicted molar refractivity (Wildman–Crippen MR) is 88.7 cm³/mol. The molecule has 116 valence electrons. The Kier molecular flexibility index (Phi) is 2.78. The summed E-state index contributed by atoms with van der Waals surface area (Å²) in [5.74, 6) is 1.56. The summed E-state index contributed by atoms with van der Waals surface area (Å²) in [6, 6.07) is 11.8. The fourth-order valence-electron chi connectivity index (χ4n) is 2.84. The Morgan fingerprint density at radius 1 is 0.792 bits per heavy atom.